The van der Waals surface area contributed by atoms with Crippen LogP contribution in [0.5, 0.6) is 5.75 Å². The van der Waals surface area contributed by atoms with Gasteiger partial charge >= 0.3 is 0 Å². The molecule has 1 amide bonds. The fourth-order valence-electron chi connectivity index (χ4n) is 3.14. The number of β-amino-alcohol motifs (C(OH)–C–C–N with tert-alkyl or cyclic N) is 1. The number of aliphatic hydroxyl groups is 1. The first-order valence-corrected chi connectivity index (χ1v) is 8.63. The van der Waals surface area contributed by atoms with Crippen molar-refractivity contribution in [1.29, 1.82) is 0 Å². The van der Waals surface area contributed by atoms with Crippen LogP contribution in [0.2, 0.25) is 0 Å². The van der Waals surface area contributed by atoms with E-state index in [2.05, 4.69) is 28.4 Å². The number of nitrogens with zero attached hydrogens (tertiary/aromatic N) is 1. The normalized spacial score (nSPS) is 14.6. The summed E-state index contributed by atoms with van der Waals surface area (Å²) in [5, 5.41) is 13.0. The van der Waals surface area contributed by atoms with Crippen molar-refractivity contribution in [2.45, 2.75) is 25.9 Å². The molecule has 5 heteroatoms. The van der Waals surface area contributed by atoms with Crippen molar-refractivity contribution in [3.63, 3.8) is 0 Å². The van der Waals surface area contributed by atoms with Crippen LogP contribution < -0.4 is 15.0 Å². The highest BCUT2D eigenvalue weighted by Gasteiger charge is 2.19. The summed E-state index contributed by atoms with van der Waals surface area (Å²) in [6, 6.07) is 15.5. The minimum absolute atomic E-state index is 0.106. The zero-order valence-electron chi connectivity index (χ0n) is 14.4. The van der Waals surface area contributed by atoms with Crippen molar-refractivity contribution in [2.75, 3.05) is 29.9 Å². The van der Waals surface area contributed by atoms with E-state index in [0.717, 1.165) is 25.1 Å². The Morgan fingerprint density at radius 3 is 2.76 bits per heavy atom. The van der Waals surface area contributed by atoms with Crippen LogP contribution >= 0.6 is 0 Å². The average Bonchev–Trinajstić information content (AvgIpc) is 2.61. The molecular weight excluding hydrogens is 316 g/mol. The van der Waals surface area contributed by atoms with Gasteiger partial charge in [0.1, 0.15) is 18.5 Å². The molecule has 0 saturated heterocycles. The minimum Gasteiger partial charge on any atom is -0.491 e. The largest absolute Gasteiger partial charge is 0.491 e. The van der Waals surface area contributed by atoms with Gasteiger partial charge in [-0.1, -0.05) is 18.2 Å². The zero-order chi connectivity index (χ0) is 17.6. The lowest BCUT2D eigenvalue weighted by molar-refractivity contribution is -0.114. The van der Waals surface area contributed by atoms with Crippen LogP contribution in [0.1, 0.15) is 18.9 Å². The highest BCUT2D eigenvalue weighted by Crippen LogP contribution is 2.26. The third kappa shape index (κ3) is 4.73. The first-order chi connectivity index (χ1) is 12.1. The molecule has 2 aromatic rings. The molecule has 0 spiro atoms. The van der Waals surface area contributed by atoms with Gasteiger partial charge in [0.25, 0.3) is 0 Å². The predicted molar refractivity (Wildman–Crippen MR) is 99.2 cm³/mol. The molecule has 0 aromatic heterocycles. The summed E-state index contributed by atoms with van der Waals surface area (Å²) in [6.07, 6.45) is 1.64. The minimum atomic E-state index is -0.568. The molecule has 1 unspecified atom stereocenters. The van der Waals surface area contributed by atoms with E-state index in [-0.39, 0.29) is 12.5 Å². The van der Waals surface area contributed by atoms with Crippen LogP contribution in [-0.4, -0.2) is 36.8 Å². The number of rotatable bonds is 6. The molecule has 0 saturated carbocycles. The molecule has 25 heavy (non-hydrogen) atoms. The number of aliphatic hydroxyl groups excluding tert-OH is 1. The Hall–Kier alpha value is -2.53. The molecule has 1 heterocycles. The predicted octanol–water partition coefficient (Wildman–Crippen LogP) is 2.84. The van der Waals surface area contributed by atoms with Gasteiger partial charge in [0, 0.05) is 31.4 Å². The first-order valence-electron chi connectivity index (χ1n) is 8.63. The van der Waals surface area contributed by atoms with Gasteiger partial charge in [0.2, 0.25) is 5.91 Å². The molecule has 2 aromatic carbocycles. The van der Waals surface area contributed by atoms with E-state index in [1.807, 2.05) is 6.07 Å². The van der Waals surface area contributed by atoms with Crippen LogP contribution in [0, 0.1) is 0 Å². The molecule has 3 rings (SSSR count). The number of hydrogen-bond donors (Lipinski definition) is 2. The molecule has 1 aliphatic heterocycles. The molecule has 132 valence electrons. The molecule has 0 bridgehead atoms. The number of ether oxygens (including phenoxy) is 1. The third-order valence-corrected chi connectivity index (χ3v) is 4.25. The van der Waals surface area contributed by atoms with Crippen molar-refractivity contribution in [3.8, 4) is 5.75 Å². The summed E-state index contributed by atoms with van der Waals surface area (Å²) in [5.41, 5.74) is 3.29. The molecule has 0 radical (unpaired) electrons. The van der Waals surface area contributed by atoms with Crippen LogP contribution in [0.25, 0.3) is 0 Å². The van der Waals surface area contributed by atoms with Crippen molar-refractivity contribution >= 4 is 17.3 Å². The number of benzene rings is 2. The Morgan fingerprint density at radius 1 is 1.24 bits per heavy atom. The van der Waals surface area contributed by atoms with Gasteiger partial charge in [-0.2, -0.15) is 0 Å². The fourth-order valence-corrected chi connectivity index (χ4v) is 3.14. The second-order valence-electron chi connectivity index (χ2n) is 6.35. The molecule has 0 aliphatic carbocycles. The summed E-state index contributed by atoms with van der Waals surface area (Å²) in [5.74, 6) is 0.568. The maximum absolute atomic E-state index is 11.0. The number of hydrogen-bond acceptors (Lipinski definition) is 4. The van der Waals surface area contributed by atoms with Gasteiger partial charge in [0.15, 0.2) is 0 Å². The number of carbonyl (C=O) groups excluding carboxylic acids is 1. The second-order valence-corrected chi connectivity index (χ2v) is 6.35. The van der Waals surface area contributed by atoms with Crippen molar-refractivity contribution in [1.82, 2.24) is 0 Å². The lowest BCUT2D eigenvalue weighted by atomic mass is 10.0. The number of carbonyl (C=O) groups is 1. The summed E-state index contributed by atoms with van der Waals surface area (Å²) in [6.45, 7) is 3.22. The van der Waals surface area contributed by atoms with Gasteiger partial charge in [-0.25, -0.2) is 0 Å². The Balaban J connectivity index is 1.52. The number of fused-ring (bicyclic) bond motifs is 1. The summed E-state index contributed by atoms with van der Waals surface area (Å²) in [7, 11) is 0. The smallest absolute Gasteiger partial charge is 0.221 e. The second kappa shape index (κ2) is 8.03. The fraction of sp³-hybridized carbons (Fsp3) is 0.350. The zero-order valence-corrected chi connectivity index (χ0v) is 14.4. The number of aryl methyl sites for hydroxylation is 1. The van der Waals surface area contributed by atoms with Crippen LogP contribution in [0.4, 0.5) is 11.4 Å². The van der Waals surface area contributed by atoms with Crippen LogP contribution in [0.3, 0.4) is 0 Å². The Labute approximate surface area is 148 Å². The quantitative estimate of drug-likeness (QED) is 0.849. The van der Waals surface area contributed by atoms with E-state index < -0.39 is 6.10 Å². The Bertz CT molecular complexity index is 715. The number of para-hydroxylation sites is 1. The highest BCUT2D eigenvalue weighted by molar-refractivity contribution is 5.88. The molecule has 2 N–H and O–H groups in total. The summed E-state index contributed by atoms with van der Waals surface area (Å²) >= 11 is 0. The lowest BCUT2D eigenvalue weighted by Crippen LogP contribution is -2.38. The average molecular weight is 340 g/mol. The molecule has 1 aliphatic rings. The molecular formula is C20H24N2O3. The maximum atomic E-state index is 11.0. The van der Waals surface area contributed by atoms with Gasteiger partial charge in [-0.15, -0.1) is 0 Å². The third-order valence-electron chi connectivity index (χ3n) is 4.25. The molecule has 0 fully saturated rings. The SMILES string of the molecule is CC(=O)Nc1ccc(OCC(O)CN2CCCc3ccccc32)cc1. The van der Waals surface area contributed by atoms with Crippen LogP contribution in [0.15, 0.2) is 48.5 Å². The number of anilines is 2. The molecule has 5 nitrogen and oxygen atoms in total. The first kappa shape index (κ1) is 17.3. The van der Waals surface area contributed by atoms with E-state index in [9.17, 15) is 9.90 Å². The Morgan fingerprint density at radius 2 is 2.00 bits per heavy atom. The van der Waals surface area contributed by atoms with E-state index in [0.29, 0.717) is 12.3 Å². The van der Waals surface area contributed by atoms with Gasteiger partial charge in [-0.3, -0.25) is 4.79 Å². The van der Waals surface area contributed by atoms with E-state index in [4.69, 9.17) is 4.74 Å². The summed E-state index contributed by atoms with van der Waals surface area (Å²) < 4.78 is 5.67. The Kier molecular flexibility index (Phi) is 5.56. The van der Waals surface area contributed by atoms with Crippen molar-refractivity contribution < 1.29 is 14.6 Å². The van der Waals surface area contributed by atoms with Crippen molar-refractivity contribution in [3.05, 3.63) is 54.1 Å². The van der Waals surface area contributed by atoms with Crippen LogP contribution in [-0.2, 0) is 11.2 Å². The number of nitrogens with one attached hydrogen (secondary N) is 1. The number of amides is 1. The van der Waals surface area contributed by atoms with Gasteiger partial charge in [0.05, 0.1) is 0 Å². The van der Waals surface area contributed by atoms with E-state index in [1.165, 1.54) is 18.2 Å². The molecule has 1 atom stereocenters. The van der Waals surface area contributed by atoms with Gasteiger partial charge in [-0.05, 0) is 48.7 Å². The monoisotopic (exact) mass is 340 g/mol. The maximum Gasteiger partial charge on any atom is 0.221 e. The highest BCUT2D eigenvalue weighted by atomic mass is 16.5. The topological polar surface area (TPSA) is 61.8 Å². The van der Waals surface area contributed by atoms with Gasteiger partial charge < -0.3 is 20.1 Å². The van der Waals surface area contributed by atoms with E-state index >= 15 is 0 Å². The lowest BCUT2D eigenvalue weighted by Gasteiger charge is -2.32. The standard InChI is InChI=1S/C20H24N2O3/c1-15(23)21-17-8-10-19(11-9-17)25-14-18(24)13-22-12-4-6-16-5-2-3-7-20(16)22/h2-3,5,7-11,18,24H,4,6,12-14H2,1H3,(H,21,23). The van der Waals surface area contributed by atoms with E-state index in [1.54, 1.807) is 24.3 Å². The van der Waals surface area contributed by atoms with Crippen molar-refractivity contribution in [2.24, 2.45) is 0 Å². The summed E-state index contributed by atoms with van der Waals surface area (Å²) in [4.78, 5) is 13.2.